The molecule has 3 amide bonds. The van der Waals surface area contributed by atoms with Crippen molar-refractivity contribution in [2.24, 2.45) is 0 Å². The van der Waals surface area contributed by atoms with Gasteiger partial charge in [0.05, 0.1) is 25.5 Å². The highest BCUT2D eigenvalue weighted by molar-refractivity contribution is 8.00. The molecule has 0 saturated carbocycles. The van der Waals surface area contributed by atoms with E-state index in [1.165, 1.54) is 35.8 Å². The quantitative estimate of drug-likeness (QED) is 0.0655. The average molecular weight is 747 g/mol. The first kappa shape index (κ1) is 37.1. The fraction of sp³-hybridized carbons (Fsp3) is 0.171. The largest absolute Gasteiger partial charge is 0.497 e. The van der Waals surface area contributed by atoms with Crippen LogP contribution in [0.4, 0.5) is 10.7 Å². The van der Waals surface area contributed by atoms with Gasteiger partial charge in [-0.3, -0.25) is 19.3 Å². The lowest BCUT2D eigenvalue weighted by molar-refractivity contribution is -0.114. The summed E-state index contributed by atoms with van der Waals surface area (Å²) in [6.45, 7) is 2.26. The number of anilines is 2. The van der Waals surface area contributed by atoms with Crippen LogP contribution in [0.2, 0.25) is 0 Å². The molecule has 0 radical (unpaired) electrons. The van der Waals surface area contributed by atoms with Gasteiger partial charge in [-0.05, 0) is 71.7 Å². The molecular weight excluding hydrogens is 709 g/mol. The maximum Gasteiger partial charge on any atom is 0.341 e. The molecule has 12 heteroatoms. The lowest BCUT2D eigenvalue weighted by Gasteiger charge is -2.27. The second-order valence-corrected chi connectivity index (χ2v) is 14.3. The van der Waals surface area contributed by atoms with Gasteiger partial charge in [0.15, 0.2) is 0 Å². The first-order valence-corrected chi connectivity index (χ1v) is 18.6. The number of hydrogen-bond acceptors (Lipinski definition) is 9. The van der Waals surface area contributed by atoms with E-state index in [2.05, 4.69) is 33.0 Å². The molecule has 0 aliphatic carbocycles. The van der Waals surface area contributed by atoms with Crippen molar-refractivity contribution in [2.75, 3.05) is 37.2 Å². The van der Waals surface area contributed by atoms with E-state index in [-0.39, 0.29) is 17.4 Å². The monoisotopic (exact) mass is 746 g/mol. The van der Waals surface area contributed by atoms with Gasteiger partial charge in [0.1, 0.15) is 16.4 Å². The SMILES string of the molecule is COC(=O)c1c(NC(=O)CSc2cccc(NC(=O)/C(=C/c3cccc(OC)c3)NC(=O)c3ccccc3)c2)sc2c1CCN(Cc1ccccc1)C2. The number of nitrogens with zero attached hydrogens (tertiary/aromatic N) is 1. The summed E-state index contributed by atoms with van der Waals surface area (Å²) in [7, 11) is 2.90. The zero-order chi connectivity index (χ0) is 37.2. The Morgan fingerprint density at radius 2 is 1.62 bits per heavy atom. The molecule has 3 N–H and O–H groups in total. The standard InChI is InChI=1S/C41H38N4O6S2/c1-50-31-17-9-13-28(21-31)22-34(43-38(47)29-14-7-4-8-15-29)39(48)42-30-16-10-18-32(23-30)52-26-36(46)44-40-37(41(49)51-2)33-19-20-45(25-35(33)53-40)24-27-11-5-3-6-12-27/h3-18,21-23H,19-20,24-26H2,1-2H3,(H,42,48)(H,43,47)(H,44,46)/b34-22-. The van der Waals surface area contributed by atoms with Crippen LogP contribution in [0.15, 0.2) is 120 Å². The van der Waals surface area contributed by atoms with E-state index >= 15 is 0 Å². The number of amides is 3. The number of thioether (sulfide) groups is 1. The molecule has 0 atom stereocenters. The predicted octanol–water partition coefficient (Wildman–Crippen LogP) is 7.24. The summed E-state index contributed by atoms with van der Waals surface area (Å²) in [4.78, 5) is 56.9. The number of ether oxygens (including phenoxy) is 2. The molecule has 0 bridgehead atoms. The summed E-state index contributed by atoms with van der Waals surface area (Å²) in [5, 5.41) is 9.05. The van der Waals surface area contributed by atoms with E-state index < -0.39 is 17.8 Å². The van der Waals surface area contributed by atoms with Gasteiger partial charge in [0.2, 0.25) is 5.91 Å². The summed E-state index contributed by atoms with van der Waals surface area (Å²) in [5.74, 6) is -1.04. The van der Waals surface area contributed by atoms with E-state index in [9.17, 15) is 19.2 Å². The fourth-order valence-electron chi connectivity index (χ4n) is 5.85. The molecule has 270 valence electrons. The fourth-order valence-corrected chi connectivity index (χ4v) is 7.90. The van der Waals surface area contributed by atoms with Crippen molar-refractivity contribution in [1.29, 1.82) is 0 Å². The van der Waals surface area contributed by atoms with Crippen LogP contribution in [0.3, 0.4) is 0 Å². The van der Waals surface area contributed by atoms with Crippen LogP contribution in [0.1, 0.15) is 42.3 Å². The van der Waals surface area contributed by atoms with Crippen LogP contribution in [-0.4, -0.2) is 55.1 Å². The van der Waals surface area contributed by atoms with Crippen molar-refractivity contribution < 1.29 is 28.7 Å². The van der Waals surface area contributed by atoms with Gasteiger partial charge in [-0.15, -0.1) is 23.1 Å². The summed E-state index contributed by atoms with van der Waals surface area (Å²) in [5.41, 5.74) is 4.14. The van der Waals surface area contributed by atoms with Crippen LogP contribution in [0.25, 0.3) is 6.08 Å². The number of esters is 1. The summed E-state index contributed by atoms with van der Waals surface area (Å²) in [6, 6.07) is 33.1. The number of hydrogen-bond donors (Lipinski definition) is 3. The number of benzene rings is 4. The van der Waals surface area contributed by atoms with Crippen LogP contribution in [0, 0.1) is 0 Å². The number of rotatable bonds is 13. The lowest BCUT2D eigenvalue weighted by atomic mass is 10.0. The maximum absolute atomic E-state index is 13.6. The third kappa shape index (κ3) is 9.80. The van der Waals surface area contributed by atoms with Crippen molar-refractivity contribution in [3.8, 4) is 5.75 Å². The number of carbonyl (C=O) groups excluding carboxylic acids is 4. The van der Waals surface area contributed by atoms with Gasteiger partial charge >= 0.3 is 5.97 Å². The molecule has 6 rings (SSSR count). The van der Waals surface area contributed by atoms with Crippen LogP contribution >= 0.6 is 23.1 Å². The van der Waals surface area contributed by atoms with Crippen molar-refractivity contribution in [3.05, 3.63) is 148 Å². The van der Waals surface area contributed by atoms with Gasteiger partial charge in [0, 0.05) is 40.7 Å². The van der Waals surface area contributed by atoms with Gasteiger partial charge in [-0.2, -0.15) is 0 Å². The van der Waals surface area contributed by atoms with Crippen LogP contribution in [0.5, 0.6) is 5.75 Å². The maximum atomic E-state index is 13.6. The highest BCUT2D eigenvalue weighted by Gasteiger charge is 2.29. The second kappa shape index (κ2) is 17.7. The second-order valence-electron chi connectivity index (χ2n) is 12.1. The Balaban J connectivity index is 1.11. The third-order valence-electron chi connectivity index (χ3n) is 8.42. The molecule has 1 aliphatic heterocycles. The smallest absolute Gasteiger partial charge is 0.341 e. The van der Waals surface area contributed by atoms with Gasteiger partial charge in [-0.1, -0.05) is 66.7 Å². The average Bonchev–Trinajstić information content (AvgIpc) is 3.54. The molecule has 2 heterocycles. The normalized spacial score (nSPS) is 12.7. The molecule has 1 aliphatic rings. The van der Waals surface area contributed by atoms with Gasteiger partial charge in [0.25, 0.3) is 11.8 Å². The molecular formula is C41H38N4O6S2. The summed E-state index contributed by atoms with van der Waals surface area (Å²) >= 11 is 2.70. The number of thiophene rings is 1. The van der Waals surface area contributed by atoms with Gasteiger partial charge in [-0.25, -0.2) is 4.79 Å². The molecule has 10 nitrogen and oxygen atoms in total. The summed E-state index contributed by atoms with van der Waals surface area (Å²) in [6.07, 6.45) is 2.26. The Morgan fingerprint density at radius 1 is 0.868 bits per heavy atom. The Morgan fingerprint density at radius 3 is 2.38 bits per heavy atom. The summed E-state index contributed by atoms with van der Waals surface area (Å²) < 4.78 is 10.4. The molecule has 0 saturated heterocycles. The Labute approximate surface area is 316 Å². The Kier molecular flexibility index (Phi) is 12.4. The lowest BCUT2D eigenvalue weighted by Crippen LogP contribution is -2.30. The number of methoxy groups -OCH3 is 2. The molecule has 1 aromatic heterocycles. The Bertz CT molecular complexity index is 2130. The van der Waals surface area contributed by atoms with Gasteiger partial charge < -0.3 is 25.4 Å². The van der Waals surface area contributed by atoms with Crippen molar-refractivity contribution in [2.45, 2.75) is 24.4 Å². The van der Waals surface area contributed by atoms with E-state index in [0.717, 1.165) is 28.4 Å². The number of nitrogens with one attached hydrogen (secondary N) is 3. The third-order valence-corrected chi connectivity index (χ3v) is 10.5. The topological polar surface area (TPSA) is 126 Å². The molecule has 0 unspecified atom stereocenters. The minimum Gasteiger partial charge on any atom is -0.497 e. The van der Waals surface area contributed by atoms with E-state index in [0.29, 0.717) is 46.1 Å². The molecule has 4 aromatic carbocycles. The first-order chi connectivity index (χ1) is 25.8. The van der Waals surface area contributed by atoms with Crippen molar-refractivity contribution in [1.82, 2.24) is 10.2 Å². The molecule has 53 heavy (non-hydrogen) atoms. The minimum absolute atomic E-state index is 0.0350. The molecule has 0 spiro atoms. The zero-order valence-electron chi connectivity index (χ0n) is 29.2. The van der Waals surface area contributed by atoms with Crippen LogP contribution in [-0.2, 0) is 33.8 Å². The van der Waals surface area contributed by atoms with Crippen molar-refractivity contribution >= 4 is 63.6 Å². The number of carbonyl (C=O) groups is 4. The Hall–Kier alpha value is -5.69. The van der Waals surface area contributed by atoms with Crippen molar-refractivity contribution in [3.63, 3.8) is 0 Å². The van der Waals surface area contributed by atoms with E-state index in [1.54, 1.807) is 86.0 Å². The highest BCUT2D eigenvalue weighted by atomic mass is 32.2. The number of fused-ring (bicyclic) bond motifs is 1. The highest BCUT2D eigenvalue weighted by Crippen LogP contribution is 2.38. The molecule has 0 fully saturated rings. The van der Waals surface area contributed by atoms with Crippen LogP contribution < -0.4 is 20.7 Å². The predicted molar refractivity (Wildman–Crippen MR) is 209 cm³/mol. The zero-order valence-corrected chi connectivity index (χ0v) is 30.9. The molecule has 5 aromatic rings. The van der Waals surface area contributed by atoms with E-state index in [1.807, 2.05) is 24.3 Å². The van der Waals surface area contributed by atoms with E-state index in [4.69, 9.17) is 9.47 Å². The first-order valence-electron chi connectivity index (χ1n) is 16.8. The minimum atomic E-state index is -0.531.